The highest BCUT2D eigenvalue weighted by Crippen LogP contribution is 2.33. The van der Waals surface area contributed by atoms with E-state index in [1.165, 1.54) is 18.2 Å². The van der Waals surface area contributed by atoms with Gasteiger partial charge in [-0.3, -0.25) is 14.4 Å². The molecule has 0 radical (unpaired) electrons. The summed E-state index contributed by atoms with van der Waals surface area (Å²) in [5.41, 5.74) is 8.50. The second-order valence-corrected chi connectivity index (χ2v) is 13.3. The van der Waals surface area contributed by atoms with Crippen LogP contribution in [0.1, 0.15) is 41.8 Å². The predicted octanol–water partition coefficient (Wildman–Crippen LogP) is 4.18. The van der Waals surface area contributed by atoms with Crippen molar-refractivity contribution in [2.45, 2.75) is 49.7 Å². The molecule has 0 bridgehead atoms. The summed E-state index contributed by atoms with van der Waals surface area (Å²) in [5.74, 6) is -0.756. The molecule has 10 nitrogen and oxygen atoms in total. The highest BCUT2D eigenvalue weighted by atomic mass is 32.2. The van der Waals surface area contributed by atoms with Crippen molar-refractivity contribution in [2.75, 3.05) is 12.0 Å². The third-order valence-electron chi connectivity index (χ3n) is 7.78. The maximum absolute atomic E-state index is 13.9. The molecule has 0 saturated heterocycles. The Balaban J connectivity index is 1.42. The molecule has 5 rings (SSSR count). The molecule has 1 aliphatic heterocycles. The zero-order valence-electron chi connectivity index (χ0n) is 25.8. The molecule has 46 heavy (non-hydrogen) atoms. The van der Waals surface area contributed by atoms with Crippen molar-refractivity contribution in [3.63, 3.8) is 0 Å². The van der Waals surface area contributed by atoms with E-state index in [2.05, 4.69) is 10.0 Å². The average molecular weight is 641 g/mol. The Kier molecular flexibility index (Phi) is 9.27. The number of nitrogens with zero attached hydrogens (tertiary/aromatic N) is 1. The van der Waals surface area contributed by atoms with Crippen LogP contribution in [0.4, 0.5) is 5.69 Å². The molecule has 0 spiro atoms. The van der Waals surface area contributed by atoms with Gasteiger partial charge in [0.25, 0.3) is 15.9 Å². The number of carbonyl (C=O) groups is 3. The largest absolute Gasteiger partial charge is 0.497 e. The molecule has 3 amide bonds. The minimum atomic E-state index is -4.20. The standard InChI is InChI=1S/C35H36N4O6S/c1-35(2,36)34(42)37-29-19-17-26-21-27(45-3)18-20-30(26)39(33(29)41)22-23-13-15-24(16-14-23)28-11-7-8-12-31(28)46(43,44)38-32(40)25-9-5-4-6-10-25/h4-16,18,20-21,29H,17,19,22,36H2,1-3H3,(H,37,42)(H,38,40)/t29-/m1/s1. The second-order valence-electron chi connectivity index (χ2n) is 11.7. The topological polar surface area (TPSA) is 148 Å². The lowest BCUT2D eigenvalue weighted by Gasteiger charge is -2.28. The molecule has 0 saturated carbocycles. The number of hydrogen-bond acceptors (Lipinski definition) is 7. The van der Waals surface area contributed by atoms with Crippen molar-refractivity contribution in [1.29, 1.82) is 0 Å². The summed E-state index contributed by atoms with van der Waals surface area (Å²) < 4.78 is 34.2. The second kappa shape index (κ2) is 13.2. The maximum atomic E-state index is 13.9. The number of sulfonamides is 1. The first-order valence-corrected chi connectivity index (χ1v) is 16.2. The maximum Gasteiger partial charge on any atom is 0.264 e. The Morgan fingerprint density at radius 1 is 0.957 bits per heavy atom. The summed E-state index contributed by atoms with van der Waals surface area (Å²) in [6.45, 7) is 3.37. The van der Waals surface area contributed by atoms with E-state index in [-0.39, 0.29) is 22.9 Å². The fraction of sp³-hybridized carbons (Fsp3) is 0.229. The number of fused-ring (bicyclic) bond motifs is 1. The molecule has 0 aromatic heterocycles. The van der Waals surface area contributed by atoms with Crippen molar-refractivity contribution in [1.82, 2.24) is 10.0 Å². The number of carbonyl (C=O) groups excluding carboxylic acids is 3. The fourth-order valence-electron chi connectivity index (χ4n) is 5.26. The Morgan fingerprint density at radius 3 is 2.30 bits per heavy atom. The van der Waals surface area contributed by atoms with Crippen LogP contribution in [0.25, 0.3) is 11.1 Å². The van der Waals surface area contributed by atoms with Crippen LogP contribution in [-0.4, -0.2) is 44.8 Å². The van der Waals surface area contributed by atoms with Crippen molar-refractivity contribution >= 4 is 33.4 Å². The van der Waals surface area contributed by atoms with Gasteiger partial charge in [0.1, 0.15) is 11.8 Å². The predicted molar refractivity (Wildman–Crippen MR) is 176 cm³/mol. The minimum absolute atomic E-state index is 0.0426. The third kappa shape index (κ3) is 7.11. The van der Waals surface area contributed by atoms with Crippen LogP contribution in [0.3, 0.4) is 0 Å². The molecular formula is C35H36N4O6S. The lowest BCUT2D eigenvalue weighted by atomic mass is 10.0. The van der Waals surface area contributed by atoms with Crippen LogP contribution in [0.2, 0.25) is 0 Å². The van der Waals surface area contributed by atoms with Crippen LogP contribution in [0.15, 0.2) is 102 Å². The zero-order chi connectivity index (χ0) is 33.1. The van der Waals surface area contributed by atoms with Gasteiger partial charge in [0.2, 0.25) is 11.8 Å². The number of methoxy groups -OCH3 is 1. The molecular weight excluding hydrogens is 604 g/mol. The van der Waals surface area contributed by atoms with Gasteiger partial charge in [-0.2, -0.15) is 0 Å². The SMILES string of the molecule is COc1ccc2c(c1)CC[C@@H](NC(=O)C(C)(C)N)C(=O)N2Cc1ccc(-c2ccccc2S(=O)(=O)NC(=O)c2ccccc2)cc1. The van der Waals surface area contributed by atoms with E-state index in [0.29, 0.717) is 35.4 Å². The first-order valence-electron chi connectivity index (χ1n) is 14.8. The smallest absolute Gasteiger partial charge is 0.264 e. The fourth-order valence-corrected chi connectivity index (χ4v) is 6.47. The summed E-state index contributed by atoms with van der Waals surface area (Å²) in [4.78, 5) is 40.9. The molecule has 0 aliphatic carbocycles. The number of amides is 3. The first-order chi connectivity index (χ1) is 21.9. The van der Waals surface area contributed by atoms with Crippen molar-refractivity contribution in [3.8, 4) is 16.9 Å². The van der Waals surface area contributed by atoms with Gasteiger partial charge >= 0.3 is 0 Å². The summed E-state index contributed by atoms with van der Waals surface area (Å²) >= 11 is 0. The highest BCUT2D eigenvalue weighted by Gasteiger charge is 2.34. The van der Waals surface area contributed by atoms with Crippen LogP contribution in [0.5, 0.6) is 5.75 Å². The van der Waals surface area contributed by atoms with Gasteiger partial charge in [0.15, 0.2) is 0 Å². The third-order valence-corrected chi connectivity index (χ3v) is 9.17. The number of anilines is 1. The summed E-state index contributed by atoms with van der Waals surface area (Å²) in [6, 6.07) is 26.5. The molecule has 4 aromatic rings. The van der Waals surface area contributed by atoms with E-state index in [1.54, 1.807) is 80.5 Å². The van der Waals surface area contributed by atoms with Crippen LogP contribution >= 0.6 is 0 Å². The first kappa shape index (κ1) is 32.4. The van der Waals surface area contributed by atoms with Gasteiger partial charge < -0.3 is 20.7 Å². The van der Waals surface area contributed by atoms with E-state index >= 15 is 0 Å². The normalized spacial score (nSPS) is 15.0. The molecule has 1 heterocycles. The molecule has 0 fully saturated rings. The lowest BCUT2D eigenvalue weighted by molar-refractivity contribution is -0.130. The molecule has 1 atom stereocenters. The summed E-state index contributed by atoms with van der Waals surface area (Å²) in [6.07, 6.45) is 0.929. The molecule has 0 unspecified atom stereocenters. The van der Waals surface area contributed by atoms with Crippen LogP contribution < -0.4 is 25.4 Å². The summed E-state index contributed by atoms with van der Waals surface area (Å²) in [5, 5.41) is 2.83. The number of nitrogens with one attached hydrogen (secondary N) is 2. The van der Waals surface area contributed by atoms with E-state index < -0.39 is 33.4 Å². The van der Waals surface area contributed by atoms with Gasteiger partial charge in [-0.05, 0) is 79.8 Å². The molecule has 11 heteroatoms. The number of benzene rings is 4. The van der Waals surface area contributed by atoms with E-state index in [9.17, 15) is 22.8 Å². The van der Waals surface area contributed by atoms with Crippen LogP contribution in [-0.2, 0) is 32.6 Å². The van der Waals surface area contributed by atoms with Gasteiger partial charge in [-0.15, -0.1) is 0 Å². The van der Waals surface area contributed by atoms with Crippen molar-refractivity contribution in [3.05, 3.63) is 114 Å². The number of nitrogens with two attached hydrogens (primary N) is 1. The molecule has 1 aliphatic rings. The Hall–Kier alpha value is -5.00. The van der Waals surface area contributed by atoms with E-state index in [1.807, 2.05) is 24.3 Å². The highest BCUT2D eigenvalue weighted by molar-refractivity contribution is 7.90. The molecule has 238 valence electrons. The van der Waals surface area contributed by atoms with Crippen molar-refractivity contribution in [2.24, 2.45) is 5.73 Å². The van der Waals surface area contributed by atoms with Gasteiger partial charge in [-0.25, -0.2) is 13.1 Å². The summed E-state index contributed by atoms with van der Waals surface area (Å²) in [7, 11) is -2.62. The lowest BCUT2D eigenvalue weighted by Crippen LogP contribution is -2.56. The molecule has 4 aromatic carbocycles. The van der Waals surface area contributed by atoms with E-state index in [0.717, 1.165) is 11.1 Å². The van der Waals surface area contributed by atoms with Crippen LogP contribution in [0, 0.1) is 0 Å². The van der Waals surface area contributed by atoms with Gasteiger partial charge in [0.05, 0.1) is 24.1 Å². The Bertz CT molecular complexity index is 1870. The molecule has 4 N–H and O–H groups in total. The van der Waals surface area contributed by atoms with Crippen molar-refractivity contribution < 1.29 is 27.5 Å². The monoisotopic (exact) mass is 640 g/mol. The van der Waals surface area contributed by atoms with Gasteiger partial charge in [0, 0.05) is 16.8 Å². The number of hydrogen-bond donors (Lipinski definition) is 3. The number of rotatable bonds is 9. The Morgan fingerprint density at radius 2 is 1.63 bits per heavy atom. The number of ether oxygens (including phenoxy) is 1. The zero-order valence-corrected chi connectivity index (χ0v) is 26.6. The quantitative estimate of drug-likeness (QED) is 0.249. The minimum Gasteiger partial charge on any atom is -0.497 e. The Labute approximate surface area is 268 Å². The van der Waals surface area contributed by atoms with Gasteiger partial charge in [-0.1, -0.05) is 60.7 Å². The number of aryl methyl sites for hydroxylation is 1. The van der Waals surface area contributed by atoms with E-state index in [4.69, 9.17) is 10.5 Å². The average Bonchev–Trinajstić information content (AvgIpc) is 3.17.